The second kappa shape index (κ2) is 14.2. The number of carbonyl (C=O) groups is 1. The molecule has 6 rings (SSSR count). The summed E-state index contributed by atoms with van der Waals surface area (Å²) in [6, 6.07) is 45.3. The van der Waals surface area contributed by atoms with Crippen molar-refractivity contribution in [2.45, 2.75) is 13.0 Å². The van der Waals surface area contributed by atoms with Gasteiger partial charge >= 0.3 is 0 Å². The van der Waals surface area contributed by atoms with E-state index in [1.54, 1.807) is 48.5 Å². The van der Waals surface area contributed by atoms with Crippen LogP contribution in [0.25, 0.3) is 0 Å². The van der Waals surface area contributed by atoms with Gasteiger partial charge in [0.15, 0.2) is 5.78 Å². The van der Waals surface area contributed by atoms with Gasteiger partial charge in [0.1, 0.15) is 35.4 Å². The number of rotatable bonds is 11. The second-order valence-electron chi connectivity index (χ2n) is 10.4. The predicted octanol–water partition coefficient (Wildman–Crippen LogP) is 11.0. The van der Waals surface area contributed by atoms with Crippen LogP contribution in [0.2, 0.25) is 10.0 Å². The summed E-state index contributed by atoms with van der Waals surface area (Å²) < 4.78 is 17.8. The highest BCUT2D eigenvalue weighted by atomic mass is 35.5. The largest absolute Gasteiger partial charge is 0.489 e. The molecule has 0 aliphatic rings. The molecule has 0 unspecified atom stereocenters. The number of hydrogen-bond donors (Lipinski definition) is 0. The second-order valence-corrected chi connectivity index (χ2v) is 11.3. The molecule has 0 bridgehead atoms. The first-order valence-electron chi connectivity index (χ1n) is 14.4. The zero-order chi connectivity index (χ0) is 31.0. The lowest BCUT2D eigenvalue weighted by Gasteiger charge is -2.10. The Kier molecular flexibility index (Phi) is 9.45. The smallest absolute Gasteiger partial charge is 0.193 e. The molecule has 45 heavy (non-hydrogen) atoms. The topological polar surface area (TPSA) is 44.8 Å². The van der Waals surface area contributed by atoms with Gasteiger partial charge in [-0.15, -0.1) is 0 Å². The van der Waals surface area contributed by atoms with Crippen molar-refractivity contribution in [1.29, 1.82) is 0 Å². The lowest BCUT2D eigenvalue weighted by atomic mass is 10.0. The Bertz CT molecular complexity index is 1850. The molecule has 0 fully saturated rings. The molecule has 0 aliphatic carbocycles. The fourth-order valence-electron chi connectivity index (χ4n) is 4.65. The quantitative estimate of drug-likeness (QED) is 0.134. The van der Waals surface area contributed by atoms with Crippen molar-refractivity contribution in [3.8, 4) is 28.7 Å². The van der Waals surface area contributed by atoms with Gasteiger partial charge in [0, 0.05) is 21.2 Å². The summed E-state index contributed by atoms with van der Waals surface area (Å²) in [5.41, 5.74) is 4.56. The summed E-state index contributed by atoms with van der Waals surface area (Å²) in [4.78, 5) is 12.7. The highest BCUT2D eigenvalue weighted by Gasteiger charge is 2.10. The van der Waals surface area contributed by atoms with E-state index in [9.17, 15) is 4.79 Å². The maximum atomic E-state index is 12.7. The van der Waals surface area contributed by atoms with Crippen molar-refractivity contribution in [3.63, 3.8) is 0 Å². The van der Waals surface area contributed by atoms with Crippen LogP contribution in [-0.4, -0.2) is 5.78 Å². The molecule has 6 aromatic rings. The minimum absolute atomic E-state index is 0.0616. The molecular formula is C39H28Cl2O4. The van der Waals surface area contributed by atoms with E-state index in [0.717, 1.165) is 40.5 Å². The Morgan fingerprint density at radius 3 is 1.20 bits per heavy atom. The van der Waals surface area contributed by atoms with Crippen molar-refractivity contribution in [3.05, 3.63) is 183 Å². The van der Waals surface area contributed by atoms with E-state index < -0.39 is 0 Å². The van der Waals surface area contributed by atoms with Crippen LogP contribution in [0.5, 0.6) is 28.7 Å². The number of carbonyl (C=O) groups excluding carboxylic acids is 1. The minimum Gasteiger partial charge on any atom is -0.489 e. The van der Waals surface area contributed by atoms with Gasteiger partial charge in [-0.2, -0.15) is 0 Å². The molecule has 0 atom stereocenters. The zero-order valence-corrected chi connectivity index (χ0v) is 25.7. The minimum atomic E-state index is -0.0616. The number of ketones is 1. The van der Waals surface area contributed by atoms with E-state index in [1.165, 1.54) is 5.56 Å². The van der Waals surface area contributed by atoms with Gasteiger partial charge < -0.3 is 14.2 Å². The highest BCUT2D eigenvalue weighted by Crippen LogP contribution is 2.26. The van der Waals surface area contributed by atoms with E-state index in [-0.39, 0.29) is 5.78 Å². The average Bonchev–Trinajstić information content (AvgIpc) is 3.07. The average molecular weight is 632 g/mol. The Morgan fingerprint density at radius 2 is 0.756 bits per heavy atom. The summed E-state index contributed by atoms with van der Waals surface area (Å²) in [5, 5.41) is 1.28. The fraction of sp³-hybridized carbons (Fsp3) is 0.0513. The first-order chi connectivity index (χ1) is 22.0. The maximum absolute atomic E-state index is 12.7. The lowest BCUT2D eigenvalue weighted by Crippen LogP contribution is -2.00. The highest BCUT2D eigenvalue weighted by molar-refractivity contribution is 6.31. The summed E-state index contributed by atoms with van der Waals surface area (Å²) >= 11 is 11.9. The number of hydrogen-bond acceptors (Lipinski definition) is 4. The Morgan fingerprint density at radius 1 is 0.422 bits per heavy atom. The molecule has 0 saturated carbocycles. The predicted molar refractivity (Wildman–Crippen MR) is 179 cm³/mol. The van der Waals surface area contributed by atoms with Gasteiger partial charge in [-0.3, -0.25) is 4.79 Å². The monoisotopic (exact) mass is 630 g/mol. The van der Waals surface area contributed by atoms with E-state index >= 15 is 0 Å². The number of halogens is 2. The first kappa shape index (κ1) is 30.0. The van der Waals surface area contributed by atoms with Crippen molar-refractivity contribution < 1.29 is 19.0 Å². The molecule has 0 N–H and O–H groups in total. The van der Waals surface area contributed by atoms with Gasteiger partial charge in [0.2, 0.25) is 0 Å². The molecule has 6 aromatic carbocycles. The maximum Gasteiger partial charge on any atom is 0.193 e. The molecule has 0 spiro atoms. The van der Waals surface area contributed by atoms with Crippen molar-refractivity contribution in [2.24, 2.45) is 0 Å². The molecule has 0 heterocycles. The molecule has 0 saturated heterocycles. The molecule has 0 aliphatic heterocycles. The van der Waals surface area contributed by atoms with Crippen LogP contribution in [0, 0.1) is 0 Å². The first-order valence-corrected chi connectivity index (χ1v) is 15.1. The summed E-state index contributed by atoms with van der Waals surface area (Å²) in [7, 11) is 0. The zero-order valence-electron chi connectivity index (χ0n) is 24.2. The van der Waals surface area contributed by atoms with Crippen molar-refractivity contribution in [2.75, 3.05) is 0 Å². The lowest BCUT2D eigenvalue weighted by molar-refractivity contribution is 0.103. The van der Waals surface area contributed by atoms with E-state index in [4.69, 9.17) is 37.4 Å². The molecular weight excluding hydrogens is 603 g/mol. The standard InChI is InChI=1S/C39H28Cl2O4/c40-32-11-7-30(8-12-32)39(42)31-9-21-38(22-10-31)45-36-17-3-28(4-18-36)25-27-1-15-35(16-2-27)44-37-19-5-29(6-20-37)26-43-34-23-13-33(41)14-24-34/h1-24H,25-26H2. The van der Waals surface area contributed by atoms with Gasteiger partial charge in [0.25, 0.3) is 0 Å². The van der Waals surface area contributed by atoms with Crippen LogP contribution in [0.4, 0.5) is 0 Å². The third-order valence-electron chi connectivity index (χ3n) is 7.09. The SMILES string of the molecule is O=C(c1ccc(Cl)cc1)c1ccc(Oc2ccc(Cc3ccc(Oc4ccc(COc5ccc(Cl)cc5)cc4)cc3)cc2)cc1. The van der Waals surface area contributed by atoms with Crippen molar-refractivity contribution >= 4 is 29.0 Å². The van der Waals surface area contributed by atoms with E-state index in [1.807, 2.05) is 72.8 Å². The van der Waals surface area contributed by atoms with Crippen LogP contribution >= 0.6 is 23.2 Å². The molecule has 6 heteroatoms. The van der Waals surface area contributed by atoms with Gasteiger partial charge in [-0.05, 0) is 132 Å². The van der Waals surface area contributed by atoms with Crippen LogP contribution < -0.4 is 14.2 Å². The number of ether oxygens (including phenoxy) is 3. The van der Waals surface area contributed by atoms with Crippen LogP contribution in [-0.2, 0) is 13.0 Å². The van der Waals surface area contributed by atoms with Crippen molar-refractivity contribution in [1.82, 2.24) is 0 Å². The Balaban J connectivity index is 0.981. The third kappa shape index (κ3) is 8.33. The Labute approximate surface area is 272 Å². The molecule has 4 nitrogen and oxygen atoms in total. The summed E-state index contributed by atoms with van der Waals surface area (Å²) in [6.45, 7) is 0.463. The molecule has 0 radical (unpaired) electrons. The number of benzene rings is 6. The molecule has 222 valence electrons. The van der Waals surface area contributed by atoms with E-state index in [0.29, 0.717) is 33.5 Å². The normalized spacial score (nSPS) is 10.7. The van der Waals surface area contributed by atoms with Crippen LogP contribution in [0.15, 0.2) is 146 Å². The third-order valence-corrected chi connectivity index (χ3v) is 7.60. The Hall–Kier alpha value is -5.03. The van der Waals surface area contributed by atoms with Gasteiger partial charge in [0.05, 0.1) is 0 Å². The molecule has 0 aromatic heterocycles. The van der Waals surface area contributed by atoms with Crippen LogP contribution in [0.3, 0.4) is 0 Å². The van der Waals surface area contributed by atoms with Crippen LogP contribution in [0.1, 0.15) is 32.6 Å². The van der Waals surface area contributed by atoms with Gasteiger partial charge in [-0.25, -0.2) is 0 Å². The van der Waals surface area contributed by atoms with Gasteiger partial charge in [-0.1, -0.05) is 59.6 Å². The summed E-state index contributed by atoms with van der Waals surface area (Å²) in [5.74, 6) is 3.63. The summed E-state index contributed by atoms with van der Waals surface area (Å²) in [6.07, 6.45) is 0.782. The molecule has 0 amide bonds. The van der Waals surface area contributed by atoms with E-state index in [2.05, 4.69) is 24.3 Å². The fourth-order valence-corrected chi connectivity index (χ4v) is 4.90.